The van der Waals surface area contributed by atoms with Crippen LogP contribution in [-0.2, 0) is 12.3 Å². The van der Waals surface area contributed by atoms with Crippen molar-refractivity contribution in [2.45, 2.75) is 17.5 Å². The minimum Gasteiger partial charge on any atom is -0.350 e. The van der Waals surface area contributed by atoms with E-state index in [1.165, 1.54) is 11.1 Å². The fraction of sp³-hybridized carbons (Fsp3) is 0.211. The Balaban J connectivity index is 1.72. The maximum atomic E-state index is 4.55. The highest BCUT2D eigenvalue weighted by Gasteiger charge is 2.09. The third-order valence-corrected chi connectivity index (χ3v) is 4.43. The average Bonchev–Trinajstić information content (AvgIpc) is 2.66. The minimum atomic E-state index is 0.595. The summed E-state index contributed by atoms with van der Waals surface area (Å²) in [5.41, 5.74) is 2.44. The fourth-order valence-corrected chi connectivity index (χ4v) is 2.97. The van der Waals surface area contributed by atoms with Gasteiger partial charge in [-0.2, -0.15) is 15.0 Å². The van der Waals surface area contributed by atoms with Crippen LogP contribution in [0.25, 0.3) is 0 Å². The van der Waals surface area contributed by atoms with Gasteiger partial charge in [-0.05, 0) is 11.1 Å². The van der Waals surface area contributed by atoms with Crippen molar-refractivity contribution >= 4 is 23.7 Å². The largest absolute Gasteiger partial charge is 0.350 e. The molecule has 0 aliphatic rings. The van der Waals surface area contributed by atoms with Crippen LogP contribution in [0.1, 0.15) is 11.1 Å². The van der Waals surface area contributed by atoms with Gasteiger partial charge in [0, 0.05) is 26.4 Å². The first-order valence-electron chi connectivity index (χ1n) is 8.08. The zero-order valence-electron chi connectivity index (χ0n) is 14.4. The zero-order valence-corrected chi connectivity index (χ0v) is 15.2. The predicted molar refractivity (Wildman–Crippen MR) is 104 cm³/mol. The summed E-state index contributed by atoms with van der Waals surface area (Å²) >= 11 is 1.61. The second-order valence-electron chi connectivity index (χ2n) is 5.75. The van der Waals surface area contributed by atoms with E-state index in [0.29, 0.717) is 18.4 Å². The molecule has 0 spiro atoms. The normalized spacial score (nSPS) is 10.5. The minimum absolute atomic E-state index is 0.595. The van der Waals surface area contributed by atoms with Crippen LogP contribution in [0.5, 0.6) is 0 Å². The third kappa shape index (κ3) is 5.19. The number of hydrogen-bond acceptors (Lipinski definition) is 6. The van der Waals surface area contributed by atoms with Gasteiger partial charge in [-0.3, -0.25) is 0 Å². The SMILES string of the molecule is CN(C)c1nc(NCc2ccccc2)nc(SCc2ccccc2)n1. The Bertz CT molecular complexity index is 732. The Kier molecular flexibility index (Phi) is 5.85. The standard InChI is InChI=1S/C19H21N5S/c1-24(2)18-21-17(20-13-15-9-5-3-6-10-15)22-19(23-18)25-14-16-11-7-4-8-12-16/h3-12H,13-14H2,1-2H3,(H,20,21,22,23). The molecule has 0 unspecified atom stereocenters. The number of hydrogen-bond donors (Lipinski definition) is 1. The van der Waals surface area contributed by atoms with E-state index in [-0.39, 0.29) is 0 Å². The molecule has 1 N–H and O–H groups in total. The Morgan fingerprint density at radius 3 is 2.12 bits per heavy atom. The van der Waals surface area contributed by atoms with E-state index in [2.05, 4.69) is 44.5 Å². The van der Waals surface area contributed by atoms with E-state index in [0.717, 1.165) is 10.9 Å². The summed E-state index contributed by atoms with van der Waals surface area (Å²) < 4.78 is 0. The van der Waals surface area contributed by atoms with Crippen molar-refractivity contribution in [1.82, 2.24) is 15.0 Å². The molecule has 0 saturated heterocycles. The molecule has 3 rings (SSSR count). The van der Waals surface area contributed by atoms with Crippen LogP contribution in [0.4, 0.5) is 11.9 Å². The average molecular weight is 351 g/mol. The van der Waals surface area contributed by atoms with Crippen LogP contribution in [0.2, 0.25) is 0 Å². The first-order valence-corrected chi connectivity index (χ1v) is 9.07. The molecule has 0 atom stereocenters. The highest BCUT2D eigenvalue weighted by molar-refractivity contribution is 7.98. The van der Waals surface area contributed by atoms with Crippen molar-refractivity contribution in [3.63, 3.8) is 0 Å². The molecule has 2 aromatic carbocycles. The highest BCUT2D eigenvalue weighted by atomic mass is 32.2. The monoisotopic (exact) mass is 351 g/mol. The Morgan fingerprint density at radius 1 is 0.840 bits per heavy atom. The van der Waals surface area contributed by atoms with Crippen LogP contribution in [0.15, 0.2) is 65.8 Å². The van der Waals surface area contributed by atoms with E-state index in [1.54, 1.807) is 11.8 Å². The third-order valence-electron chi connectivity index (χ3n) is 3.51. The van der Waals surface area contributed by atoms with Gasteiger partial charge in [0.15, 0.2) is 5.16 Å². The Labute approximate surface area is 152 Å². The lowest BCUT2D eigenvalue weighted by Gasteiger charge is -2.13. The lowest BCUT2D eigenvalue weighted by molar-refractivity contribution is 0.860. The summed E-state index contributed by atoms with van der Waals surface area (Å²) in [4.78, 5) is 15.5. The quantitative estimate of drug-likeness (QED) is 0.653. The second-order valence-corrected chi connectivity index (χ2v) is 6.69. The molecular weight excluding hydrogens is 330 g/mol. The lowest BCUT2D eigenvalue weighted by Crippen LogP contribution is -2.15. The molecule has 128 valence electrons. The molecule has 0 aliphatic heterocycles. The zero-order chi connectivity index (χ0) is 17.5. The molecule has 0 bridgehead atoms. The second kappa shape index (κ2) is 8.48. The van der Waals surface area contributed by atoms with Gasteiger partial charge in [0.05, 0.1) is 0 Å². The van der Waals surface area contributed by atoms with Crippen molar-refractivity contribution in [1.29, 1.82) is 0 Å². The molecule has 0 aliphatic carbocycles. The van der Waals surface area contributed by atoms with E-state index in [4.69, 9.17) is 0 Å². The molecule has 0 radical (unpaired) electrons. The van der Waals surface area contributed by atoms with Gasteiger partial charge in [-0.1, -0.05) is 72.4 Å². The molecule has 0 fully saturated rings. The molecule has 5 nitrogen and oxygen atoms in total. The first kappa shape index (κ1) is 17.2. The molecule has 25 heavy (non-hydrogen) atoms. The number of rotatable bonds is 7. The van der Waals surface area contributed by atoms with Gasteiger partial charge in [-0.25, -0.2) is 0 Å². The molecule has 6 heteroatoms. The van der Waals surface area contributed by atoms with Crippen molar-refractivity contribution < 1.29 is 0 Å². The van der Waals surface area contributed by atoms with Crippen molar-refractivity contribution in [3.05, 3.63) is 71.8 Å². The van der Waals surface area contributed by atoms with Crippen LogP contribution in [0.3, 0.4) is 0 Å². The van der Waals surface area contributed by atoms with Gasteiger partial charge in [-0.15, -0.1) is 0 Å². The van der Waals surface area contributed by atoms with Crippen LogP contribution in [-0.4, -0.2) is 29.0 Å². The summed E-state index contributed by atoms with van der Waals surface area (Å²) in [7, 11) is 3.86. The Hall–Kier alpha value is -2.60. The smallest absolute Gasteiger partial charge is 0.230 e. The number of anilines is 2. The molecule has 3 aromatic rings. The van der Waals surface area contributed by atoms with Gasteiger partial charge in [0.25, 0.3) is 0 Å². The summed E-state index contributed by atoms with van der Waals surface area (Å²) in [5.74, 6) is 2.08. The molecular formula is C19H21N5S. The van der Waals surface area contributed by atoms with Gasteiger partial charge < -0.3 is 10.2 Å². The fourth-order valence-electron chi connectivity index (χ4n) is 2.19. The number of benzene rings is 2. The van der Waals surface area contributed by atoms with E-state index >= 15 is 0 Å². The molecule has 0 amide bonds. The molecule has 1 heterocycles. The number of nitrogens with zero attached hydrogens (tertiary/aromatic N) is 4. The molecule has 1 aromatic heterocycles. The van der Waals surface area contributed by atoms with Crippen LogP contribution >= 0.6 is 11.8 Å². The highest BCUT2D eigenvalue weighted by Crippen LogP contribution is 2.22. The molecule has 0 saturated carbocycles. The van der Waals surface area contributed by atoms with Gasteiger partial charge in [0.2, 0.25) is 11.9 Å². The maximum absolute atomic E-state index is 4.55. The maximum Gasteiger partial charge on any atom is 0.230 e. The summed E-state index contributed by atoms with van der Waals surface area (Å²) in [6.45, 7) is 0.681. The summed E-state index contributed by atoms with van der Waals surface area (Å²) in [6, 6.07) is 20.5. The number of nitrogens with one attached hydrogen (secondary N) is 1. The number of aromatic nitrogens is 3. The topological polar surface area (TPSA) is 53.9 Å². The van der Waals surface area contributed by atoms with Crippen molar-refractivity contribution in [2.75, 3.05) is 24.3 Å². The Morgan fingerprint density at radius 2 is 1.48 bits per heavy atom. The first-order chi connectivity index (χ1) is 12.2. The number of thioether (sulfide) groups is 1. The predicted octanol–water partition coefficient (Wildman–Crippen LogP) is 3.84. The van der Waals surface area contributed by atoms with Crippen LogP contribution < -0.4 is 10.2 Å². The summed E-state index contributed by atoms with van der Waals surface area (Å²) in [5, 5.41) is 4.01. The van der Waals surface area contributed by atoms with Crippen LogP contribution in [0, 0.1) is 0 Å². The summed E-state index contributed by atoms with van der Waals surface area (Å²) in [6.07, 6.45) is 0. The van der Waals surface area contributed by atoms with E-state index in [1.807, 2.05) is 55.4 Å². The lowest BCUT2D eigenvalue weighted by atomic mass is 10.2. The van der Waals surface area contributed by atoms with Crippen molar-refractivity contribution in [2.24, 2.45) is 0 Å². The van der Waals surface area contributed by atoms with E-state index < -0.39 is 0 Å². The van der Waals surface area contributed by atoms with Crippen molar-refractivity contribution in [3.8, 4) is 0 Å². The van der Waals surface area contributed by atoms with Gasteiger partial charge >= 0.3 is 0 Å². The van der Waals surface area contributed by atoms with Gasteiger partial charge in [0.1, 0.15) is 0 Å². The van der Waals surface area contributed by atoms with E-state index in [9.17, 15) is 0 Å².